The molecule has 242 valence electrons. The Labute approximate surface area is 295 Å². The van der Waals surface area contributed by atoms with E-state index in [9.17, 15) is 0 Å². The molecule has 1 aliphatic heterocycles. The van der Waals surface area contributed by atoms with E-state index in [1.54, 1.807) is 7.11 Å². The molecule has 8 rings (SSSR count). The SMILES string of the molecule is COc1cc(Oc2[c-]c3c(cc2)c2ccccc2n3-c2cc(C)ccn2)[c-]c(-n2cc(-c3c(C)cc(N4CCCC4)cc3C)cn2)c1.[Pt+2]. The third kappa shape index (κ3) is 5.77. The number of hydrogen-bond donors (Lipinski definition) is 0. The Hall–Kier alpha value is -4.87. The van der Waals surface area contributed by atoms with Gasteiger partial charge in [-0.15, -0.1) is 29.7 Å². The van der Waals surface area contributed by atoms with Crippen molar-refractivity contribution < 1.29 is 30.5 Å². The Morgan fingerprint density at radius 3 is 2.38 bits per heavy atom. The number of nitrogens with zero attached hydrogens (tertiary/aromatic N) is 5. The minimum atomic E-state index is 0. The van der Waals surface area contributed by atoms with E-state index in [1.165, 1.54) is 35.2 Å². The molecule has 0 bridgehead atoms. The van der Waals surface area contributed by atoms with Crippen LogP contribution in [0.5, 0.6) is 17.2 Å². The number of fused-ring (bicyclic) bond motifs is 3. The van der Waals surface area contributed by atoms with Crippen LogP contribution in [0.25, 0.3) is 44.4 Å². The summed E-state index contributed by atoms with van der Waals surface area (Å²) in [4.78, 5) is 7.17. The van der Waals surface area contributed by atoms with Crippen LogP contribution in [0.4, 0.5) is 5.69 Å². The van der Waals surface area contributed by atoms with Gasteiger partial charge in [-0.25, -0.2) is 4.98 Å². The molecule has 1 fully saturated rings. The topological polar surface area (TPSA) is 57.3 Å². The predicted octanol–water partition coefficient (Wildman–Crippen LogP) is 8.96. The van der Waals surface area contributed by atoms with Gasteiger partial charge in [-0.3, -0.25) is 4.68 Å². The Morgan fingerprint density at radius 1 is 0.812 bits per heavy atom. The largest absolute Gasteiger partial charge is 2.00 e. The zero-order chi connectivity index (χ0) is 32.1. The molecule has 0 unspecified atom stereocenters. The third-order valence-electron chi connectivity index (χ3n) is 9.05. The van der Waals surface area contributed by atoms with E-state index in [4.69, 9.17) is 14.6 Å². The molecule has 7 aromatic rings. The van der Waals surface area contributed by atoms with E-state index < -0.39 is 0 Å². The molecule has 4 heterocycles. The summed E-state index contributed by atoms with van der Waals surface area (Å²) < 4.78 is 16.1. The first-order valence-corrected chi connectivity index (χ1v) is 16.0. The van der Waals surface area contributed by atoms with E-state index in [0.29, 0.717) is 22.9 Å². The monoisotopic (exact) mass is 812 g/mol. The van der Waals surface area contributed by atoms with Gasteiger partial charge in [0.25, 0.3) is 0 Å². The zero-order valence-corrected chi connectivity index (χ0v) is 29.6. The average Bonchev–Trinajstić information content (AvgIpc) is 3.84. The molecule has 4 aromatic carbocycles. The van der Waals surface area contributed by atoms with Gasteiger partial charge in [-0.2, -0.15) is 11.2 Å². The molecule has 0 saturated carbocycles. The van der Waals surface area contributed by atoms with Gasteiger partial charge in [-0.05, 0) is 97.3 Å². The first kappa shape index (κ1) is 31.7. The van der Waals surface area contributed by atoms with Crippen molar-refractivity contribution in [3.63, 3.8) is 0 Å². The van der Waals surface area contributed by atoms with Gasteiger partial charge in [0, 0.05) is 59.5 Å². The second-order valence-corrected chi connectivity index (χ2v) is 12.3. The molecule has 0 atom stereocenters. The predicted molar refractivity (Wildman–Crippen MR) is 188 cm³/mol. The molecule has 3 aromatic heterocycles. The number of benzene rings is 4. The minimum Gasteiger partial charge on any atom is -0.522 e. The number of rotatable bonds is 7. The molecule has 48 heavy (non-hydrogen) atoms. The quantitative estimate of drug-likeness (QED) is 0.151. The maximum absolute atomic E-state index is 6.42. The fourth-order valence-corrected chi connectivity index (χ4v) is 6.87. The van der Waals surface area contributed by atoms with Crippen molar-refractivity contribution in [3.05, 3.63) is 120 Å². The number of para-hydroxylation sites is 1. The summed E-state index contributed by atoms with van der Waals surface area (Å²) in [5.41, 5.74) is 9.87. The number of pyridine rings is 1. The summed E-state index contributed by atoms with van der Waals surface area (Å²) in [6.07, 6.45) is 8.32. The van der Waals surface area contributed by atoms with Crippen LogP contribution in [0.2, 0.25) is 0 Å². The number of ether oxygens (including phenoxy) is 2. The smallest absolute Gasteiger partial charge is 0.522 e. The van der Waals surface area contributed by atoms with E-state index in [2.05, 4.69) is 89.8 Å². The first-order valence-electron chi connectivity index (χ1n) is 16.0. The molecule has 1 aliphatic rings. The van der Waals surface area contributed by atoms with Crippen molar-refractivity contribution in [2.75, 3.05) is 25.1 Å². The molecule has 8 heteroatoms. The maximum atomic E-state index is 6.42. The van der Waals surface area contributed by atoms with Crippen LogP contribution in [0.3, 0.4) is 0 Å². The minimum absolute atomic E-state index is 0. The molecular weight excluding hydrogens is 778 g/mol. The van der Waals surface area contributed by atoms with Crippen LogP contribution in [-0.2, 0) is 21.1 Å². The summed E-state index contributed by atoms with van der Waals surface area (Å²) in [5, 5.41) is 6.94. The van der Waals surface area contributed by atoms with Crippen molar-refractivity contribution in [3.8, 4) is 39.9 Å². The van der Waals surface area contributed by atoms with Crippen molar-refractivity contribution in [1.82, 2.24) is 19.3 Å². The number of methoxy groups -OCH3 is 1. The van der Waals surface area contributed by atoms with Crippen molar-refractivity contribution in [1.29, 1.82) is 0 Å². The van der Waals surface area contributed by atoms with Crippen molar-refractivity contribution in [2.45, 2.75) is 33.6 Å². The first-order chi connectivity index (χ1) is 22.9. The number of anilines is 1. The fourth-order valence-electron chi connectivity index (χ4n) is 6.87. The summed E-state index contributed by atoms with van der Waals surface area (Å²) in [6, 6.07) is 31.7. The van der Waals surface area contributed by atoms with Crippen LogP contribution in [0, 0.1) is 32.9 Å². The summed E-state index contributed by atoms with van der Waals surface area (Å²) in [6.45, 7) is 8.70. The van der Waals surface area contributed by atoms with Crippen molar-refractivity contribution >= 4 is 27.5 Å². The van der Waals surface area contributed by atoms with Gasteiger partial charge in [0.05, 0.1) is 13.3 Å². The third-order valence-corrected chi connectivity index (χ3v) is 9.05. The summed E-state index contributed by atoms with van der Waals surface area (Å²) >= 11 is 0. The number of hydrogen-bond acceptors (Lipinski definition) is 5. The van der Waals surface area contributed by atoms with E-state index in [0.717, 1.165) is 51.8 Å². The van der Waals surface area contributed by atoms with Gasteiger partial charge >= 0.3 is 21.1 Å². The number of aryl methyl sites for hydroxylation is 3. The number of aromatic nitrogens is 4. The molecule has 7 nitrogen and oxygen atoms in total. The second-order valence-electron chi connectivity index (χ2n) is 12.3. The van der Waals surface area contributed by atoms with Crippen LogP contribution in [-0.4, -0.2) is 39.5 Å². The van der Waals surface area contributed by atoms with Crippen LogP contribution >= 0.6 is 0 Å². The Balaban J connectivity index is 0.00000364. The maximum Gasteiger partial charge on any atom is 2.00 e. The molecule has 0 aliphatic carbocycles. The van der Waals surface area contributed by atoms with Crippen LogP contribution in [0.15, 0.2) is 91.4 Å². The van der Waals surface area contributed by atoms with Gasteiger partial charge in [-0.1, -0.05) is 29.8 Å². The van der Waals surface area contributed by atoms with Gasteiger partial charge in [0.2, 0.25) is 0 Å². The molecule has 0 N–H and O–H groups in total. The van der Waals surface area contributed by atoms with Gasteiger partial charge < -0.3 is 18.9 Å². The van der Waals surface area contributed by atoms with E-state index in [1.807, 2.05) is 53.6 Å². The van der Waals surface area contributed by atoms with E-state index in [-0.39, 0.29) is 21.1 Å². The average molecular weight is 813 g/mol. The molecule has 1 saturated heterocycles. The van der Waals surface area contributed by atoms with E-state index >= 15 is 0 Å². The van der Waals surface area contributed by atoms with Gasteiger partial charge in [0.15, 0.2) is 0 Å². The Morgan fingerprint density at radius 2 is 1.60 bits per heavy atom. The molecule has 0 spiro atoms. The molecule has 0 radical (unpaired) electrons. The van der Waals surface area contributed by atoms with Crippen LogP contribution < -0.4 is 14.4 Å². The standard InChI is InChI=1S/C40H35N5O2.Pt/c1-26-13-14-41-39(17-26)45-37-10-6-5-9-35(37)36-12-11-32(23-38(36)45)47-34-21-31(20-33(22-34)46-4)44-25-29(24-42-44)40-27(2)18-30(19-28(40)3)43-15-7-8-16-43;/h5-6,9-14,17-20,22,24-25H,7-8,15-16H2,1-4H3;/q-2;+2. The second kappa shape index (κ2) is 13.0. The fraction of sp³-hybridized carbons (Fsp3) is 0.200. The molecule has 0 amide bonds. The Kier molecular flexibility index (Phi) is 8.57. The normalized spacial score (nSPS) is 12.9. The summed E-state index contributed by atoms with van der Waals surface area (Å²) in [5.74, 6) is 2.55. The summed E-state index contributed by atoms with van der Waals surface area (Å²) in [7, 11) is 1.65. The molecular formula is C40H35N5O2Pt. The van der Waals surface area contributed by atoms with Crippen molar-refractivity contribution in [2.24, 2.45) is 0 Å². The van der Waals surface area contributed by atoms with Gasteiger partial charge in [0.1, 0.15) is 5.82 Å². The zero-order valence-electron chi connectivity index (χ0n) is 27.4. The van der Waals surface area contributed by atoms with Crippen LogP contribution in [0.1, 0.15) is 29.5 Å². The Bertz CT molecular complexity index is 2260.